The lowest BCUT2D eigenvalue weighted by atomic mass is 10.0. The molecule has 152 valence electrons. The molecule has 26 heavy (non-hydrogen) atoms. The lowest BCUT2D eigenvalue weighted by Gasteiger charge is -2.11. The van der Waals surface area contributed by atoms with E-state index in [0.717, 1.165) is 19.1 Å². The van der Waals surface area contributed by atoms with Crippen LogP contribution in [-0.4, -0.2) is 24.0 Å². The Balaban J connectivity index is 3.39. The van der Waals surface area contributed by atoms with Gasteiger partial charge in [-0.1, -0.05) is 84.0 Å². The first-order valence-corrected chi connectivity index (χ1v) is 10.8. The third-order valence-corrected chi connectivity index (χ3v) is 4.83. The molecule has 0 bridgehead atoms. The number of hydrogen-bond donors (Lipinski definition) is 1. The maximum Gasteiger partial charge on any atom is 0.220 e. The van der Waals surface area contributed by atoms with E-state index < -0.39 is 6.04 Å². The Bertz CT molecular complexity index is 368. The minimum absolute atomic E-state index is 0.0441. The summed E-state index contributed by atoms with van der Waals surface area (Å²) < 4.78 is 0. The van der Waals surface area contributed by atoms with Gasteiger partial charge in [-0.05, 0) is 19.8 Å². The van der Waals surface area contributed by atoms with E-state index in [0.29, 0.717) is 19.3 Å². The lowest BCUT2D eigenvalue weighted by Crippen LogP contribution is -2.36. The summed E-state index contributed by atoms with van der Waals surface area (Å²) in [6.07, 6.45) is 18.6. The third kappa shape index (κ3) is 17.6. The zero-order chi connectivity index (χ0) is 19.5. The average Bonchev–Trinajstić information content (AvgIpc) is 2.62. The molecule has 0 aromatic carbocycles. The van der Waals surface area contributed by atoms with Gasteiger partial charge in [-0.2, -0.15) is 0 Å². The summed E-state index contributed by atoms with van der Waals surface area (Å²) in [7, 11) is 0. The molecule has 0 spiro atoms. The van der Waals surface area contributed by atoms with Crippen molar-refractivity contribution in [1.29, 1.82) is 0 Å². The molecule has 0 aliphatic rings. The number of rotatable bonds is 19. The van der Waals surface area contributed by atoms with Gasteiger partial charge in [0.1, 0.15) is 12.1 Å². The van der Waals surface area contributed by atoms with Gasteiger partial charge in [0.2, 0.25) is 5.91 Å². The van der Waals surface area contributed by atoms with Crippen LogP contribution in [0.1, 0.15) is 117 Å². The van der Waals surface area contributed by atoms with Gasteiger partial charge in [-0.25, -0.2) is 0 Å². The van der Waals surface area contributed by atoms with Gasteiger partial charge in [-0.15, -0.1) is 0 Å². The monoisotopic (exact) mass is 367 g/mol. The van der Waals surface area contributed by atoms with Gasteiger partial charge in [-0.3, -0.25) is 4.79 Å². The number of carbonyl (C=O) groups is 3. The third-order valence-electron chi connectivity index (χ3n) is 4.83. The number of ketones is 1. The standard InChI is InChI=1S/C22H41NO3/c1-3-4-5-6-7-8-9-10-11-12-13-14-15-16-22(26)23-21(19-24)18-17-20(2)25/h19,21H,3-18H2,1-2H3,(H,23,26). The van der Waals surface area contributed by atoms with Crippen molar-refractivity contribution >= 4 is 18.0 Å². The largest absolute Gasteiger partial charge is 0.347 e. The van der Waals surface area contributed by atoms with Gasteiger partial charge in [0.05, 0.1) is 6.04 Å². The predicted octanol–water partition coefficient (Wildman–Crippen LogP) is 5.52. The van der Waals surface area contributed by atoms with Crippen molar-refractivity contribution in [3.8, 4) is 0 Å². The first-order valence-electron chi connectivity index (χ1n) is 10.8. The zero-order valence-corrected chi connectivity index (χ0v) is 17.2. The van der Waals surface area contributed by atoms with Gasteiger partial charge in [0.25, 0.3) is 0 Å². The molecule has 0 aromatic heterocycles. The summed E-state index contributed by atoms with van der Waals surface area (Å²) in [6, 6.07) is -0.520. The molecule has 1 amide bonds. The highest BCUT2D eigenvalue weighted by molar-refractivity contribution is 5.80. The van der Waals surface area contributed by atoms with Crippen molar-refractivity contribution in [2.75, 3.05) is 0 Å². The number of carbonyl (C=O) groups excluding carboxylic acids is 3. The van der Waals surface area contributed by atoms with Crippen LogP contribution < -0.4 is 5.32 Å². The van der Waals surface area contributed by atoms with Crippen LogP contribution in [0.15, 0.2) is 0 Å². The van der Waals surface area contributed by atoms with Crippen LogP contribution in [0.25, 0.3) is 0 Å². The zero-order valence-electron chi connectivity index (χ0n) is 17.2. The number of nitrogens with one attached hydrogen (secondary N) is 1. The Morgan fingerprint density at radius 1 is 0.769 bits per heavy atom. The molecular formula is C22H41NO3. The molecule has 0 saturated heterocycles. The average molecular weight is 368 g/mol. The molecule has 1 unspecified atom stereocenters. The molecule has 0 fully saturated rings. The van der Waals surface area contributed by atoms with Crippen LogP contribution in [0.2, 0.25) is 0 Å². The van der Waals surface area contributed by atoms with E-state index in [4.69, 9.17) is 0 Å². The van der Waals surface area contributed by atoms with E-state index in [1.807, 2.05) is 0 Å². The van der Waals surface area contributed by atoms with Gasteiger partial charge >= 0.3 is 0 Å². The Hall–Kier alpha value is -1.19. The second-order valence-corrected chi connectivity index (χ2v) is 7.54. The van der Waals surface area contributed by atoms with Crippen molar-refractivity contribution < 1.29 is 14.4 Å². The van der Waals surface area contributed by atoms with E-state index in [1.54, 1.807) is 0 Å². The summed E-state index contributed by atoms with van der Waals surface area (Å²) in [5.74, 6) is -0.0312. The molecule has 0 rings (SSSR count). The molecule has 0 aliphatic carbocycles. The number of unbranched alkanes of at least 4 members (excludes halogenated alkanes) is 12. The van der Waals surface area contributed by atoms with Crippen LogP contribution in [0, 0.1) is 0 Å². The Kier molecular flexibility index (Phi) is 17.7. The normalized spacial score (nSPS) is 11.9. The summed E-state index contributed by atoms with van der Waals surface area (Å²) in [5, 5.41) is 2.71. The Morgan fingerprint density at radius 3 is 1.65 bits per heavy atom. The SMILES string of the molecule is CCCCCCCCCCCCCCCC(=O)NC(C=O)CCC(C)=O. The van der Waals surface area contributed by atoms with Crippen LogP contribution >= 0.6 is 0 Å². The number of hydrogen-bond acceptors (Lipinski definition) is 3. The summed E-state index contributed by atoms with van der Waals surface area (Å²) >= 11 is 0. The van der Waals surface area contributed by atoms with Crippen molar-refractivity contribution in [2.45, 2.75) is 123 Å². The molecule has 1 atom stereocenters. The second kappa shape index (κ2) is 18.6. The topological polar surface area (TPSA) is 63.2 Å². The van der Waals surface area contributed by atoms with Crippen molar-refractivity contribution in [2.24, 2.45) is 0 Å². The highest BCUT2D eigenvalue weighted by Gasteiger charge is 2.11. The Morgan fingerprint density at radius 2 is 1.23 bits per heavy atom. The molecule has 0 heterocycles. The van der Waals surface area contributed by atoms with Crippen molar-refractivity contribution in [3.05, 3.63) is 0 Å². The minimum atomic E-state index is -0.520. The smallest absolute Gasteiger partial charge is 0.220 e. The van der Waals surface area contributed by atoms with E-state index in [-0.39, 0.29) is 11.7 Å². The van der Waals surface area contributed by atoms with Crippen LogP contribution in [0.4, 0.5) is 0 Å². The lowest BCUT2D eigenvalue weighted by molar-refractivity contribution is -0.124. The molecule has 0 radical (unpaired) electrons. The molecule has 0 aromatic rings. The maximum absolute atomic E-state index is 11.8. The fraction of sp³-hybridized carbons (Fsp3) is 0.864. The van der Waals surface area contributed by atoms with Gasteiger partial charge < -0.3 is 14.9 Å². The van der Waals surface area contributed by atoms with Gasteiger partial charge in [0.15, 0.2) is 0 Å². The van der Waals surface area contributed by atoms with Crippen LogP contribution in [0.3, 0.4) is 0 Å². The first kappa shape index (κ1) is 24.8. The maximum atomic E-state index is 11.8. The van der Waals surface area contributed by atoms with E-state index in [9.17, 15) is 14.4 Å². The van der Waals surface area contributed by atoms with Crippen molar-refractivity contribution in [3.63, 3.8) is 0 Å². The molecular weight excluding hydrogens is 326 g/mol. The number of aldehydes is 1. The predicted molar refractivity (Wildman–Crippen MR) is 108 cm³/mol. The van der Waals surface area contributed by atoms with E-state index >= 15 is 0 Å². The highest BCUT2D eigenvalue weighted by atomic mass is 16.2. The fourth-order valence-corrected chi connectivity index (χ4v) is 3.12. The molecule has 4 heteroatoms. The van der Waals surface area contributed by atoms with E-state index in [1.165, 1.54) is 77.6 Å². The number of amides is 1. The summed E-state index contributed by atoms with van der Waals surface area (Å²) in [5.41, 5.74) is 0. The number of Topliss-reactive ketones (excluding diaryl/α,β-unsaturated/α-hetero) is 1. The highest BCUT2D eigenvalue weighted by Crippen LogP contribution is 2.13. The quantitative estimate of drug-likeness (QED) is 0.241. The second-order valence-electron chi connectivity index (χ2n) is 7.54. The first-order chi connectivity index (χ1) is 12.6. The Labute approximate surface area is 160 Å². The minimum Gasteiger partial charge on any atom is -0.347 e. The fourth-order valence-electron chi connectivity index (χ4n) is 3.12. The van der Waals surface area contributed by atoms with E-state index in [2.05, 4.69) is 12.2 Å². The molecule has 0 aliphatic heterocycles. The molecule has 0 saturated carbocycles. The summed E-state index contributed by atoms with van der Waals surface area (Å²) in [4.78, 5) is 33.6. The molecule has 1 N–H and O–H groups in total. The van der Waals surface area contributed by atoms with Crippen LogP contribution in [0.5, 0.6) is 0 Å². The van der Waals surface area contributed by atoms with Crippen LogP contribution in [-0.2, 0) is 14.4 Å². The summed E-state index contributed by atoms with van der Waals surface area (Å²) in [6.45, 7) is 3.75. The van der Waals surface area contributed by atoms with Crippen molar-refractivity contribution in [1.82, 2.24) is 5.32 Å². The molecule has 4 nitrogen and oxygen atoms in total. The van der Waals surface area contributed by atoms with Gasteiger partial charge in [0, 0.05) is 12.8 Å².